The minimum atomic E-state index is -0.628. The van der Waals surface area contributed by atoms with E-state index in [4.69, 9.17) is 9.47 Å². The number of benzene rings is 1. The van der Waals surface area contributed by atoms with Crippen molar-refractivity contribution in [1.29, 1.82) is 0 Å². The maximum Gasteiger partial charge on any atom is 0.229 e. The predicted molar refractivity (Wildman–Crippen MR) is 62.5 cm³/mol. The summed E-state index contributed by atoms with van der Waals surface area (Å²) < 4.78 is 10.5. The summed E-state index contributed by atoms with van der Waals surface area (Å²) in [5, 5.41) is 9.51. The number of anilines is 1. The Morgan fingerprint density at radius 3 is 2.29 bits per heavy atom. The van der Waals surface area contributed by atoms with Crippen LogP contribution in [-0.2, 0) is 4.79 Å². The molecule has 5 heteroatoms. The van der Waals surface area contributed by atoms with E-state index in [-0.39, 0.29) is 18.9 Å². The van der Waals surface area contributed by atoms with Gasteiger partial charge in [-0.25, -0.2) is 0 Å². The number of methoxy groups -OCH3 is 2. The zero-order valence-corrected chi connectivity index (χ0v) is 9.84. The van der Waals surface area contributed by atoms with Crippen LogP contribution >= 0.6 is 0 Å². The lowest BCUT2D eigenvalue weighted by Crippen LogP contribution is -2.26. The van der Waals surface area contributed by atoms with Gasteiger partial charge in [0.25, 0.3) is 0 Å². The largest absolute Gasteiger partial charge is 0.494 e. The van der Waals surface area contributed by atoms with Gasteiger partial charge in [0.2, 0.25) is 5.91 Å². The quantitative estimate of drug-likeness (QED) is 0.844. The van der Waals surface area contributed by atoms with Gasteiger partial charge in [-0.3, -0.25) is 4.79 Å². The zero-order valence-electron chi connectivity index (χ0n) is 9.84. The van der Waals surface area contributed by atoms with Gasteiger partial charge in [0.05, 0.1) is 33.3 Å². The highest BCUT2D eigenvalue weighted by molar-refractivity contribution is 5.99. The van der Waals surface area contributed by atoms with Crippen molar-refractivity contribution in [3.05, 3.63) is 18.2 Å². The van der Waals surface area contributed by atoms with E-state index in [9.17, 15) is 9.90 Å². The first kappa shape index (κ1) is 11.7. The van der Waals surface area contributed by atoms with Crippen molar-refractivity contribution in [2.24, 2.45) is 0 Å². The highest BCUT2D eigenvalue weighted by Gasteiger charge is 2.32. The number of carbonyl (C=O) groups excluding carboxylic acids is 1. The van der Waals surface area contributed by atoms with Crippen molar-refractivity contribution < 1.29 is 19.4 Å². The molecule has 1 amide bonds. The number of rotatable bonds is 3. The molecule has 1 aromatic rings. The first-order chi connectivity index (χ1) is 8.17. The van der Waals surface area contributed by atoms with Crippen LogP contribution < -0.4 is 14.4 Å². The molecule has 17 heavy (non-hydrogen) atoms. The van der Waals surface area contributed by atoms with Crippen molar-refractivity contribution in [3.63, 3.8) is 0 Å². The molecule has 1 heterocycles. The number of para-hydroxylation sites is 1. The van der Waals surface area contributed by atoms with E-state index in [0.717, 1.165) is 0 Å². The topological polar surface area (TPSA) is 59.0 Å². The first-order valence-electron chi connectivity index (χ1n) is 5.36. The van der Waals surface area contributed by atoms with Crippen LogP contribution in [-0.4, -0.2) is 37.9 Å². The lowest BCUT2D eigenvalue weighted by Gasteiger charge is -2.21. The van der Waals surface area contributed by atoms with Gasteiger partial charge < -0.3 is 19.5 Å². The number of aliphatic hydroxyl groups excluding tert-OH is 1. The van der Waals surface area contributed by atoms with Crippen LogP contribution in [0.3, 0.4) is 0 Å². The highest BCUT2D eigenvalue weighted by Crippen LogP contribution is 2.39. The van der Waals surface area contributed by atoms with Crippen LogP contribution in [0.5, 0.6) is 11.5 Å². The summed E-state index contributed by atoms with van der Waals surface area (Å²) in [5.74, 6) is 0.999. The molecule has 0 aromatic heterocycles. The van der Waals surface area contributed by atoms with Gasteiger partial charge in [-0.15, -0.1) is 0 Å². The molecule has 1 aromatic carbocycles. The van der Waals surface area contributed by atoms with E-state index in [1.807, 2.05) is 0 Å². The van der Waals surface area contributed by atoms with Gasteiger partial charge >= 0.3 is 0 Å². The third kappa shape index (κ3) is 2.06. The van der Waals surface area contributed by atoms with E-state index in [1.54, 1.807) is 18.2 Å². The van der Waals surface area contributed by atoms with E-state index < -0.39 is 6.10 Å². The Morgan fingerprint density at radius 1 is 1.29 bits per heavy atom. The third-order valence-electron chi connectivity index (χ3n) is 2.78. The second kappa shape index (κ2) is 4.63. The van der Waals surface area contributed by atoms with Crippen LogP contribution in [0.2, 0.25) is 0 Å². The number of nitrogens with zero attached hydrogens (tertiary/aromatic N) is 1. The number of β-amino-alcohol motifs (C(OH)–C–C–N with tert-alkyl or cyclic N) is 1. The molecular formula is C12H15NO4. The van der Waals surface area contributed by atoms with Crippen molar-refractivity contribution in [1.82, 2.24) is 0 Å². The van der Waals surface area contributed by atoms with Gasteiger partial charge in [0, 0.05) is 0 Å². The predicted octanol–water partition coefficient (Wildman–Crippen LogP) is 0.801. The molecule has 0 spiro atoms. The van der Waals surface area contributed by atoms with Crippen LogP contribution in [0.25, 0.3) is 0 Å². The first-order valence-corrected chi connectivity index (χ1v) is 5.36. The molecule has 1 aliphatic rings. The lowest BCUT2D eigenvalue weighted by atomic mass is 10.2. The summed E-state index contributed by atoms with van der Waals surface area (Å²) in [5.41, 5.74) is 0.582. The molecule has 0 bridgehead atoms. The molecule has 5 nitrogen and oxygen atoms in total. The Labute approximate surface area is 99.6 Å². The summed E-state index contributed by atoms with van der Waals surface area (Å²) in [6.07, 6.45) is -0.488. The number of carbonyl (C=O) groups is 1. The third-order valence-corrected chi connectivity index (χ3v) is 2.78. The van der Waals surface area contributed by atoms with Gasteiger partial charge in [0.15, 0.2) is 0 Å². The van der Waals surface area contributed by atoms with Crippen LogP contribution in [0, 0.1) is 0 Å². The molecular weight excluding hydrogens is 222 g/mol. The fourth-order valence-corrected chi connectivity index (χ4v) is 2.00. The Hall–Kier alpha value is -1.75. The average Bonchev–Trinajstić information content (AvgIpc) is 2.67. The number of ether oxygens (including phenoxy) is 2. The molecule has 0 saturated carbocycles. The minimum Gasteiger partial charge on any atom is -0.494 e. The van der Waals surface area contributed by atoms with Gasteiger partial charge in [-0.1, -0.05) is 6.07 Å². The Kier molecular flexibility index (Phi) is 3.19. The Balaban J connectivity index is 2.46. The van der Waals surface area contributed by atoms with E-state index in [1.165, 1.54) is 19.1 Å². The molecule has 1 N–H and O–H groups in total. The van der Waals surface area contributed by atoms with Crippen molar-refractivity contribution in [2.75, 3.05) is 25.7 Å². The highest BCUT2D eigenvalue weighted by atomic mass is 16.5. The summed E-state index contributed by atoms with van der Waals surface area (Å²) >= 11 is 0. The van der Waals surface area contributed by atoms with Gasteiger partial charge in [-0.05, 0) is 12.1 Å². The van der Waals surface area contributed by atoms with Crippen molar-refractivity contribution >= 4 is 11.6 Å². The molecule has 1 atom stereocenters. The maximum absolute atomic E-state index is 11.8. The molecule has 1 aliphatic heterocycles. The Bertz CT molecular complexity index is 410. The normalized spacial score (nSPS) is 19.6. The summed E-state index contributed by atoms with van der Waals surface area (Å²) in [6, 6.07) is 5.31. The van der Waals surface area contributed by atoms with Gasteiger partial charge in [-0.2, -0.15) is 0 Å². The number of amides is 1. The molecule has 0 aliphatic carbocycles. The summed E-state index contributed by atoms with van der Waals surface area (Å²) in [7, 11) is 3.07. The van der Waals surface area contributed by atoms with Crippen molar-refractivity contribution in [2.45, 2.75) is 12.5 Å². The molecule has 0 radical (unpaired) electrons. The lowest BCUT2D eigenvalue weighted by molar-refractivity contribution is -0.117. The van der Waals surface area contributed by atoms with E-state index in [2.05, 4.69) is 0 Å². The summed E-state index contributed by atoms with van der Waals surface area (Å²) in [4.78, 5) is 13.3. The molecule has 92 valence electrons. The van der Waals surface area contributed by atoms with Crippen molar-refractivity contribution in [3.8, 4) is 11.5 Å². The van der Waals surface area contributed by atoms with Crippen LogP contribution in [0.1, 0.15) is 6.42 Å². The molecule has 1 saturated heterocycles. The fourth-order valence-electron chi connectivity index (χ4n) is 2.00. The standard InChI is InChI=1S/C12H15NO4/c1-16-9-4-3-5-10(17-2)12(9)13-7-8(14)6-11(13)15/h3-5,8,14H,6-7H2,1-2H3. The number of hydrogen-bond donors (Lipinski definition) is 1. The van der Waals surface area contributed by atoms with Crippen LogP contribution in [0.15, 0.2) is 18.2 Å². The monoisotopic (exact) mass is 237 g/mol. The Morgan fingerprint density at radius 2 is 1.88 bits per heavy atom. The molecule has 2 rings (SSSR count). The second-order valence-corrected chi connectivity index (χ2v) is 3.87. The van der Waals surface area contributed by atoms with E-state index in [0.29, 0.717) is 17.2 Å². The number of hydrogen-bond acceptors (Lipinski definition) is 4. The maximum atomic E-state index is 11.8. The van der Waals surface area contributed by atoms with E-state index >= 15 is 0 Å². The van der Waals surface area contributed by atoms with Gasteiger partial charge in [0.1, 0.15) is 17.2 Å². The second-order valence-electron chi connectivity index (χ2n) is 3.87. The molecule has 1 unspecified atom stereocenters. The smallest absolute Gasteiger partial charge is 0.229 e. The SMILES string of the molecule is COc1cccc(OC)c1N1CC(O)CC1=O. The fraction of sp³-hybridized carbons (Fsp3) is 0.417. The summed E-state index contributed by atoms with van der Waals surface area (Å²) in [6.45, 7) is 0.273. The average molecular weight is 237 g/mol. The minimum absolute atomic E-state index is 0.125. The molecule has 1 fully saturated rings. The number of aliphatic hydroxyl groups is 1. The van der Waals surface area contributed by atoms with Crippen LogP contribution in [0.4, 0.5) is 5.69 Å². The zero-order chi connectivity index (χ0) is 12.4.